The number of benzene rings is 1. The van der Waals surface area contributed by atoms with Gasteiger partial charge < -0.3 is 10.0 Å². The van der Waals surface area contributed by atoms with Gasteiger partial charge in [0.15, 0.2) is 0 Å². The van der Waals surface area contributed by atoms with Crippen LogP contribution in [0.5, 0.6) is 0 Å². The summed E-state index contributed by atoms with van der Waals surface area (Å²) in [6.07, 6.45) is 8.22. The van der Waals surface area contributed by atoms with Gasteiger partial charge in [0.1, 0.15) is 0 Å². The molecule has 4 rings (SSSR count). The van der Waals surface area contributed by atoms with Crippen molar-refractivity contribution in [2.45, 2.75) is 56.4 Å². The van der Waals surface area contributed by atoms with E-state index in [1.165, 1.54) is 37.7 Å². The lowest BCUT2D eigenvalue weighted by atomic mass is 9.73. The average molecular weight is 314 g/mol. The molecule has 0 bridgehead atoms. The molecule has 0 radical (unpaired) electrons. The van der Waals surface area contributed by atoms with Gasteiger partial charge in [-0.05, 0) is 50.4 Å². The van der Waals surface area contributed by atoms with E-state index in [-0.39, 0.29) is 5.41 Å². The number of rotatable bonds is 1. The second kappa shape index (κ2) is 5.82. The number of amides is 1. The maximum atomic E-state index is 11.6. The Hall–Kier alpha value is -1.55. The minimum atomic E-state index is -0.816. The molecule has 2 fully saturated rings. The SMILES string of the molecule is O=C(O)N1CC2(CCN(C3CCCCC3)CC2)c2ccccc21. The number of hydrogen-bond donors (Lipinski definition) is 1. The number of likely N-dealkylation sites (tertiary alicyclic amines) is 1. The summed E-state index contributed by atoms with van der Waals surface area (Å²) in [5, 5.41) is 9.55. The Morgan fingerprint density at radius 3 is 2.48 bits per heavy atom. The molecule has 4 heteroatoms. The van der Waals surface area contributed by atoms with Crippen LogP contribution in [-0.2, 0) is 5.41 Å². The van der Waals surface area contributed by atoms with Crippen LogP contribution in [0.25, 0.3) is 0 Å². The Morgan fingerprint density at radius 1 is 1.09 bits per heavy atom. The average Bonchev–Trinajstić information content (AvgIpc) is 2.92. The molecular weight excluding hydrogens is 288 g/mol. The van der Waals surface area contributed by atoms with Crippen molar-refractivity contribution >= 4 is 11.8 Å². The van der Waals surface area contributed by atoms with Crippen LogP contribution in [0, 0.1) is 0 Å². The Morgan fingerprint density at radius 2 is 1.78 bits per heavy atom. The highest BCUT2D eigenvalue weighted by Gasteiger charge is 2.46. The predicted molar refractivity (Wildman–Crippen MR) is 91.2 cm³/mol. The quantitative estimate of drug-likeness (QED) is 0.856. The number of carboxylic acid groups (broad SMARTS) is 1. The van der Waals surface area contributed by atoms with E-state index in [4.69, 9.17) is 0 Å². The molecule has 1 aromatic rings. The van der Waals surface area contributed by atoms with Crippen LogP contribution in [0.4, 0.5) is 10.5 Å². The van der Waals surface area contributed by atoms with E-state index in [0.717, 1.165) is 37.7 Å². The Kier molecular flexibility index (Phi) is 3.80. The van der Waals surface area contributed by atoms with Gasteiger partial charge in [-0.25, -0.2) is 4.79 Å². The second-order valence-corrected chi connectivity index (χ2v) is 7.49. The van der Waals surface area contributed by atoms with Crippen LogP contribution < -0.4 is 4.90 Å². The molecule has 2 aliphatic heterocycles. The molecule has 2 heterocycles. The summed E-state index contributed by atoms with van der Waals surface area (Å²) in [5.74, 6) is 0. The fourth-order valence-corrected chi connectivity index (χ4v) is 4.99. The molecule has 1 aliphatic carbocycles. The van der Waals surface area contributed by atoms with Crippen molar-refractivity contribution in [1.82, 2.24) is 4.90 Å². The summed E-state index contributed by atoms with van der Waals surface area (Å²) in [4.78, 5) is 15.9. The molecule has 1 aromatic carbocycles. The normalized spacial score (nSPS) is 24.8. The molecule has 1 saturated heterocycles. The van der Waals surface area contributed by atoms with Gasteiger partial charge in [-0.3, -0.25) is 4.90 Å². The van der Waals surface area contributed by atoms with E-state index in [0.29, 0.717) is 6.54 Å². The first-order valence-electron chi connectivity index (χ1n) is 9.04. The Labute approximate surface area is 138 Å². The maximum Gasteiger partial charge on any atom is 0.411 e. The van der Waals surface area contributed by atoms with E-state index in [1.807, 2.05) is 12.1 Å². The molecule has 0 unspecified atom stereocenters. The van der Waals surface area contributed by atoms with E-state index >= 15 is 0 Å². The zero-order chi connectivity index (χ0) is 15.9. The highest BCUT2D eigenvalue weighted by Crippen LogP contribution is 2.47. The third kappa shape index (κ3) is 2.53. The maximum absolute atomic E-state index is 11.6. The van der Waals surface area contributed by atoms with Crippen molar-refractivity contribution in [3.8, 4) is 0 Å². The lowest BCUT2D eigenvalue weighted by Gasteiger charge is -2.44. The fraction of sp³-hybridized carbons (Fsp3) is 0.632. The molecule has 0 aromatic heterocycles. The smallest absolute Gasteiger partial charge is 0.411 e. The van der Waals surface area contributed by atoms with Gasteiger partial charge in [0.25, 0.3) is 0 Å². The summed E-state index contributed by atoms with van der Waals surface area (Å²) in [6, 6.07) is 8.89. The molecule has 3 aliphatic rings. The summed E-state index contributed by atoms with van der Waals surface area (Å²) in [5.41, 5.74) is 2.21. The molecule has 1 spiro atoms. The van der Waals surface area contributed by atoms with Crippen molar-refractivity contribution in [3.05, 3.63) is 29.8 Å². The largest absolute Gasteiger partial charge is 0.465 e. The van der Waals surface area contributed by atoms with Crippen molar-refractivity contribution in [2.24, 2.45) is 0 Å². The molecule has 0 atom stereocenters. The van der Waals surface area contributed by atoms with E-state index in [1.54, 1.807) is 4.90 Å². The third-order valence-electron chi connectivity index (χ3n) is 6.30. The zero-order valence-corrected chi connectivity index (χ0v) is 13.7. The summed E-state index contributed by atoms with van der Waals surface area (Å²) in [7, 11) is 0. The molecule has 1 N–H and O–H groups in total. The first-order chi connectivity index (χ1) is 11.2. The van der Waals surface area contributed by atoms with Gasteiger partial charge >= 0.3 is 6.09 Å². The molecular formula is C19H26N2O2. The first kappa shape index (κ1) is 15.0. The lowest BCUT2D eigenvalue weighted by molar-refractivity contribution is 0.0966. The van der Waals surface area contributed by atoms with E-state index in [9.17, 15) is 9.90 Å². The van der Waals surface area contributed by atoms with E-state index < -0.39 is 6.09 Å². The summed E-state index contributed by atoms with van der Waals surface area (Å²) < 4.78 is 0. The number of nitrogens with zero attached hydrogens (tertiary/aromatic N) is 2. The van der Waals surface area contributed by atoms with Crippen LogP contribution in [-0.4, -0.2) is 41.8 Å². The zero-order valence-electron chi connectivity index (χ0n) is 13.7. The minimum absolute atomic E-state index is 0.0418. The van der Waals surface area contributed by atoms with Gasteiger partial charge in [0.05, 0.1) is 5.69 Å². The summed E-state index contributed by atoms with van der Waals surface area (Å²) in [6.45, 7) is 2.87. The number of anilines is 1. The topological polar surface area (TPSA) is 43.8 Å². The first-order valence-corrected chi connectivity index (χ1v) is 9.04. The third-order valence-corrected chi connectivity index (χ3v) is 6.30. The molecule has 4 nitrogen and oxygen atoms in total. The van der Waals surface area contributed by atoms with Gasteiger partial charge in [-0.1, -0.05) is 37.5 Å². The van der Waals surface area contributed by atoms with Crippen LogP contribution in [0.1, 0.15) is 50.5 Å². The van der Waals surface area contributed by atoms with Crippen LogP contribution in [0.2, 0.25) is 0 Å². The fourth-order valence-electron chi connectivity index (χ4n) is 4.99. The van der Waals surface area contributed by atoms with Crippen molar-refractivity contribution in [3.63, 3.8) is 0 Å². The predicted octanol–water partition coefficient (Wildman–Crippen LogP) is 3.85. The molecule has 1 saturated carbocycles. The Balaban J connectivity index is 1.53. The molecule has 23 heavy (non-hydrogen) atoms. The van der Waals surface area contributed by atoms with Gasteiger partial charge in [0, 0.05) is 18.0 Å². The molecule has 1 amide bonds. The van der Waals surface area contributed by atoms with Gasteiger partial charge in [0.2, 0.25) is 0 Å². The van der Waals surface area contributed by atoms with Crippen LogP contribution >= 0.6 is 0 Å². The number of hydrogen-bond acceptors (Lipinski definition) is 2. The number of fused-ring (bicyclic) bond motifs is 2. The molecule has 124 valence electrons. The van der Waals surface area contributed by atoms with Gasteiger partial charge in [-0.2, -0.15) is 0 Å². The minimum Gasteiger partial charge on any atom is -0.465 e. The van der Waals surface area contributed by atoms with Crippen molar-refractivity contribution in [2.75, 3.05) is 24.5 Å². The number of carbonyl (C=O) groups is 1. The monoisotopic (exact) mass is 314 g/mol. The Bertz CT molecular complexity index is 587. The summed E-state index contributed by atoms with van der Waals surface area (Å²) >= 11 is 0. The highest BCUT2D eigenvalue weighted by atomic mass is 16.4. The number of piperidine rings is 1. The van der Waals surface area contributed by atoms with Crippen LogP contribution in [0.15, 0.2) is 24.3 Å². The standard InChI is InChI=1S/C19H26N2O2/c22-18(23)21-14-19(16-8-4-5-9-17(16)21)10-12-20(13-11-19)15-6-2-1-3-7-15/h4-5,8-9,15H,1-3,6-7,10-14H2,(H,22,23). The van der Waals surface area contributed by atoms with Gasteiger partial charge in [-0.15, -0.1) is 0 Å². The van der Waals surface area contributed by atoms with E-state index in [2.05, 4.69) is 17.0 Å². The van der Waals surface area contributed by atoms with Crippen molar-refractivity contribution in [1.29, 1.82) is 0 Å². The van der Waals surface area contributed by atoms with Crippen molar-refractivity contribution < 1.29 is 9.90 Å². The highest BCUT2D eigenvalue weighted by molar-refractivity contribution is 5.90. The number of para-hydroxylation sites is 1. The van der Waals surface area contributed by atoms with Crippen LogP contribution in [0.3, 0.4) is 0 Å². The lowest BCUT2D eigenvalue weighted by Crippen LogP contribution is -2.49. The second-order valence-electron chi connectivity index (χ2n) is 7.49.